The second-order valence-corrected chi connectivity index (χ2v) is 6.93. The molecule has 1 aliphatic rings. The van der Waals surface area contributed by atoms with Crippen LogP contribution in [0.25, 0.3) is 6.08 Å². The molecule has 0 saturated carbocycles. The van der Waals surface area contributed by atoms with Gasteiger partial charge in [0.15, 0.2) is 6.10 Å². The first-order valence-electron chi connectivity index (χ1n) is 9.14. The summed E-state index contributed by atoms with van der Waals surface area (Å²) in [5.74, 6) is -1.15. The molecule has 2 aromatic rings. The van der Waals surface area contributed by atoms with Crippen molar-refractivity contribution in [3.05, 3.63) is 71.3 Å². The maximum absolute atomic E-state index is 12.8. The molecule has 0 aliphatic carbocycles. The Bertz CT molecular complexity index is 952. The van der Waals surface area contributed by atoms with Gasteiger partial charge in [0.25, 0.3) is 5.91 Å². The Balaban J connectivity index is 1.65. The highest BCUT2D eigenvalue weighted by Crippen LogP contribution is 2.32. The van der Waals surface area contributed by atoms with E-state index < -0.39 is 23.8 Å². The maximum atomic E-state index is 12.8. The zero-order chi connectivity index (χ0) is 21.2. The van der Waals surface area contributed by atoms with Gasteiger partial charge in [0.1, 0.15) is 0 Å². The molecule has 2 atom stereocenters. The van der Waals surface area contributed by atoms with Crippen LogP contribution < -0.4 is 4.90 Å². The number of ether oxygens (including phenoxy) is 1. The van der Waals surface area contributed by atoms with Gasteiger partial charge in [-0.05, 0) is 55.7 Å². The quantitative estimate of drug-likeness (QED) is 0.553. The summed E-state index contributed by atoms with van der Waals surface area (Å²) in [6, 6.07) is 12.1. The minimum atomic E-state index is -4.46. The molecule has 0 spiro atoms. The van der Waals surface area contributed by atoms with E-state index in [9.17, 15) is 22.8 Å². The summed E-state index contributed by atoms with van der Waals surface area (Å²) in [5.41, 5.74) is 1.25. The monoisotopic (exact) mass is 403 g/mol. The van der Waals surface area contributed by atoms with E-state index in [4.69, 9.17) is 4.74 Å². The Morgan fingerprint density at radius 2 is 1.90 bits per heavy atom. The topological polar surface area (TPSA) is 46.6 Å². The van der Waals surface area contributed by atoms with Crippen LogP contribution in [-0.4, -0.2) is 24.0 Å². The van der Waals surface area contributed by atoms with Gasteiger partial charge in [-0.25, -0.2) is 4.79 Å². The lowest BCUT2D eigenvalue weighted by molar-refractivity contribution is -0.149. The van der Waals surface area contributed by atoms with Crippen LogP contribution in [0.3, 0.4) is 0 Å². The SMILES string of the molecule is C[C@H](OC(=O)/C=C/c1cccc(C(F)(F)F)c1)C(=O)N1c2ccccc2C[C@H]1C. The third kappa shape index (κ3) is 4.67. The molecule has 0 saturated heterocycles. The van der Waals surface area contributed by atoms with Crippen molar-refractivity contribution in [1.29, 1.82) is 0 Å². The van der Waals surface area contributed by atoms with Gasteiger partial charge in [0.2, 0.25) is 0 Å². The van der Waals surface area contributed by atoms with Crippen molar-refractivity contribution in [2.45, 2.75) is 38.6 Å². The van der Waals surface area contributed by atoms with Crippen LogP contribution in [0.15, 0.2) is 54.6 Å². The number of fused-ring (bicyclic) bond motifs is 1. The van der Waals surface area contributed by atoms with Crippen LogP contribution >= 0.6 is 0 Å². The highest BCUT2D eigenvalue weighted by atomic mass is 19.4. The molecule has 0 N–H and O–H groups in total. The van der Waals surface area contributed by atoms with Crippen molar-refractivity contribution in [3.8, 4) is 0 Å². The lowest BCUT2D eigenvalue weighted by Crippen LogP contribution is -2.43. The van der Waals surface area contributed by atoms with Crippen molar-refractivity contribution in [2.75, 3.05) is 4.90 Å². The molecular formula is C22H20F3NO3. The van der Waals surface area contributed by atoms with Crippen LogP contribution in [0.4, 0.5) is 18.9 Å². The first-order valence-corrected chi connectivity index (χ1v) is 9.14. The van der Waals surface area contributed by atoms with Gasteiger partial charge >= 0.3 is 12.1 Å². The minimum absolute atomic E-state index is 0.0540. The molecule has 2 aromatic carbocycles. The summed E-state index contributed by atoms with van der Waals surface area (Å²) in [6.45, 7) is 3.39. The molecule has 1 amide bonds. The molecule has 1 heterocycles. The van der Waals surface area contributed by atoms with Crippen molar-refractivity contribution in [3.63, 3.8) is 0 Å². The highest BCUT2D eigenvalue weighted by molar-refractivity contribution is 6.00. The fraction of sp³-hybridized carbons (Fsp3) is 0.273. The second-order valence-electron chi connectivity index (χ2n) is 6.93. The number of anilines is 1. The van der Waals surface area contributed by atoms with E-state index in [0.29, 0.717) is 0 Å². The summed E-state index contributed by atoms with van der Waals surface area (Å²) >= 11 is 0. The van der Waals surface area contributed by atoms with Crippen LogP contribution in [0, 0.1) is 0 Å². The van der Waals surface area contributed by atoms with Gasteiger partial charge in [-0.15, -0.1) is 0 Å². The van der Waals surface area contributed by atoms with Crippen molar-refractivity contribution in [1.82, 2.24) is 0 Å². The molecule has 0 unspecified atom stereocenters. The first kappa shape index (κ1) is 20.6. The Kier molecular flexibility index (Phi) is 5.77. The van der Waals surface area contributed by atoms with Gasteiger partial charge in [-0.2, -0.15) is 13.2 Å². The Morgan fingerprint density at radius 3 is 2.62 bits per heavy atom. The molecule has 0 fully saturated rings. The van der Waals surface area contributed by atoms with E-state index in [2.05, 4.69) is 0 Å². The number of hydrogen-bond donors (Lipinski definition) is 0. The molecule has 152 valence electrons. The average molecular weight is 403 g/mol. The number of alkyl halides is 3. The average Bonchev–Trinajstić information content (AvgIpc) is 3.01. The van der Waals surface area contributed by atoms with Crippen molar-refractivity contribution in [2.24, 2.45) is 0 Å². The lowest BCUT2D eigenvalue weighted by Gasteiger charge is -2.25. The molecule has 1 aliphatic heterocycles. The van der Waals surface area contributed by atoms with Crippen LogP contribution in [-0.2, 0) is 26.9 Å². The molecule has 0 radical (unpaired) electrons. The number of benzene rings is 2. The van der Waals surface area contributed by atoms with E-state index in [0.717, 1.165) is 35.9 Å². The number of nitrogens with zero attached hydrogens (tertiary/aromatic N) is 1. The second kappa shape index (κ2) is 8.11. The number of halogens is 3. The fourth-order valence-electron chi connectivity index (χ4n) is 3.34. The highest BCUT2D eigenvalue weighted by Gasteiger charge is 2.34. The van der Waals surface area contributed by atoms with Gasteiger partial charge in [0, 0.05) is 17.8 Å². The number of para-hydroxylation sites is 1. The largest absolute Gasteiger partial charge is 0.449 e. The molecule has 7 heteroatoms. The number of carbonyl (C=O) groups is 2. The van der Waals surface area contributed by atoms with E-state index >= 15 is 0 Å². The van der Waals surface area contributed by atoms with Gasteiger partial charge in [-0.3, -0.25) is 4.79 Å². The predicted molar refractivity (Wildman–Crippen MR) is 103 cm³/mol. The lowest BCUT2D eigenvalue weighted by atomic mass is 10.1. The molecule has 3 rings (SSSR count). The van der Waals surface area contributed by atoms with Gasteiger partial charge in [-0.1, -0.05) is 30.3 Å². The van der Waals surface area contributed by atoms with Gasteiger partial charge < -0.3 is 9.64 Å². The van der Waals surface area contributed by atoms with E-state index in [1.165, 1.54) is 25.1 Å². The molecule has 29 heavy (non-hydrogen) atoms. The van der Waals surface area contributed by atoms with E-state index in [1.54, 1.807) is 4.90 Å². The Morgan fingerprint density at radius 1 is 1.17 bits per heavy atom. The molecule has 4 nitrogen and oxygen atoms in total. The Labute approximate surface area is 166 Å². The molecule has 0 aromatic heterocycles. The minimum Gasteiger partial charge on any atom is -0.449 e. The summed E-state index contributed by atoms with van der Waals surface area (Å²) < 4.78 is 43.4. The number of hydrogen-bond acceptors (Lipinski definition) is 3. The summed E-state index contributed by atoms with van der Waals surface area (Å²) in [5, 5.41) is 0. The summed E-state index contributed by atoms with van der Waals surface area (Å²) in [4.78, 5) is 26.5. The predicted octanol–water partition coefficient (Wildman–Crippen LogP) is 4.63. The third-order valence-corrected chi connectivity index (χ3v) is 4.71. The zero-order valence-electron chi connectivity index (χ0n) is 15.9. The summed E-state index contributed by atoms with van der Waals surface area (Å²) in [6.07, 6.45) is -2.53. The number of esters is 1. The zero-order valence-corrected chi connectivity index (χ0v) is 15.9. The molecular weight excluding hydrogens is 383 g/mol. The van der Waals surface area contributed by atoms with Crippen LogP contribution in [0.2, 0.25) is 0 Å². The number of rotatable bonds is 4. The normalized spacial score (nSPS) is 17.3. The Hall–Kier alpha value is -3.09. The van der Waals surface area contributed by atoms with E-state index in [1.807, 2.05) is 31.2 Å². The van der Waals surface area contributed by atoms with Crippen molar-refractivity contribution >= 4 is 23.6 Å². The maximum Gasteiger partial charge on any atom is 0.416 e. The fourth-order valence-corrected chi connectivity index (χ4v) is 3.34. The van der Waals surface area contributed by atoms with Crippen LogP contribution in [0.1, 0.15) is 30.5 Å². The summed E-state index contributed by atoms with van der Waals surface area (Å²) in [7, 11) is 0. The van der Waals surface area contributed by atoms with Gasteiger partial charge in [0.05, 0.1) is 5.56 Å². The molecule has 0 bridgehead atoms. The number of amides is 1. The van der Waals surface area contributed by atoms with Crippen molar-refractivity contribution < 1.29 is 27.5 Å². The standard InChI is InChI=1S/C22H20F3NO3/c1-14-12-17-7-3-4-9-19(17)26(14)21(28)15(2)29-20(27)11-10-16-6-5-8-18(13-16)22(23,24)25/h3-11,13-15H,12H2,1-2H3/b11-10+/t14-,15+/m1/s1. The van der Waals surface area contributed by atoms with Crippen LogP contribution in [0.5, 0.6) is 0 Å². The first-order chi connectivity index (χ1) is 13.7. The third-order valence-electron chi connectivity index (χ3n) is 4.71. The number of carbonyl (C=O) groups excluding carboxylic acids is 2. The smallest absolute Gasteiger partial charge is 0.416 e. The van der Waals surface area contributed by atoms with E-state index in [-0.39, 0.29) is 17.5 Å².